The van der Waals surface area contributed by atoms with E-state index >= 15 is 0 Å². The molecule has 0 saturated carbocycles. The Kier molecular flexibility index (Phi) is 5.47. The summed E-state index contributed by atoms with van der Waals surface area (Å²) in [6.07, 6.45) is 0. The third-order valence-electron chi connectivity index (χ3n) is 3.28. The lowest BCUT2D eigenvalue weighted by Crippen LogP contribution is -2.22. The fourth-order valence-electron chi connectivity index (χ4n) is 2.17. The van der Waals surface area contributed by atoms with E-state index < -0.39 is 0 Å². The molecule has 5 N–H and O–H groups in total. The maximum Gasteiger partial charge on any atom is 0.211 e. The summed E-state index contributed by atoms with van der Waals surface area (Å²) in [6, 6.07) is 8.53. The number of nitrogens with one attached hydrogen (secondary N) is 1. The molecular formula is C16H18N6S3. The fourth-order valence-corrected chi connectivity index (χ4v) is 4.86. The third kappa shape index (κ3) is 4.44. The lowest BCUT2D eigenvalue weighted by atomic mass is 10.3. The molecule has 6 nitrogen and oxygen atoms in total. The van der Waals surface area contributed by atoms with Gasteiger partial charge in [0.1, 0.15) is 0 Å². The summed E-state index contributed by atoms with van der Waals surface area (Å²) >= 11 is 5.10. The highest BCUT2D eigenvalue weighted by molar-refractivity contribution is 7.21. The molecule has 0 saturated heterocycles. The first-order valence-corrected chi connectivity index (χ1v) is 10.0. The Bertz CT molecular complexity index is 900. The van der Waals surface area contributed by atoms with Gasteiger partial charge in [0, 0.05) is 14.6 Å². The lowest BCUT2D eigenvalue weighted by Gasteiger charge is -1.99. The molecule has 0 aliphatic carbocycles. The van der Waals surface area contributed by atoms with Gasteiger partial charge in [0.05, 0.1) is 22.8 Å². The summed E-state index contributed by atoms with van der Waals surface area (Å²) in [6.45, 7) is 4.56. The molecular weight excluding hydrogens is 372 g/mol. The molecule has 0 radical (unpaired) electrons. The van der Waals surface area contributed by atoms with E-state index in [9.17, 15) is 0 Å². The molecule has 25 heavy (non-hydrogen) atoms. The molecule has 0 spiro atoms. The van der Waals surface area contributed by atoms with E-state index in [1.54, 1.807) is 34.0 Å². The number of aryl methyl sites for hydroxylation is 1. The van der Waals surface area contributed by atoms with Crippen LogP contribution < -0.4 is 16.8 Å². The van der Waals surface area contributed by atoms with E-state index in [1.165, 1.54) is 14.6 Å². The number of nitrogens with zero attached hydrogens (tertiary/aromatic N) is 3. The van der Waals surface area contributed by atoms with Crippen LogP contribution >= 0.6 is 34.0 Å². The minimum absolute atomic E-state index is 0.0564. The zero-order chi connectivity index (χ0) is 17.8. The van der Waals surface area contributed by atoms with Crippen molar-refractivity contribution in [2.45, 2.75) is 20.4 Å². The van der Waals surface area contributed by atoms with Crippen LogP contribution in [-0.4, -0.2) is 16.7 Å². The van der Waals surface area contributed by atoms with Gasteiger partial charge in [0.2, 0.25) is 5.96 Å². The Morgan fingerprint density at radius 2 is 2.00 bits per heavy atom. The monoisotopic (exact) mass is 390 g/mol. The van der Waals surface area contributed by atoms with Gasteiger partial charge in [0.25, 0.3) is 0 Å². The topological polar surface area (TPSA) is 102 Å². The molecule has 0 unspecified atom stereocenters. The first kappa shape index (κ1) is 17.6. The zero-order valence-corrected chi connectivity index (χ0v) is 16.3. The molecule has 0 aromatic carbocycles. The second-order valence-electron chi connectivity index (χ2n) is 5.24. The first-order valence-electron chi connectivity index (χ1n) is 7.50. The van der Waals surface area contributed by atoms with E-state index in [1.807, 2.05) is 13.8 Å². The average molecular weight is 391 g/mol. The summed E-state index contributed by atoms with van der Waals surface area (Å²) < 4.78 is 0. The van der Waals surface area contributed by atoms with Gasteiger partial charge in [-0.05, 0) is 37.4 Å². The summed E-state index contributed by atoms with van der Waals surface area (Å²) in [7, 11) is 0. The third-order valence-corrected chi connectivity index (χ3v) is 6.65. The highest BCUT2D eigenvalue weighted by atomic mass is 32.1. The average Bonchev–Trinajstić information content (AvgIpc) is 3.30. The van der Waals surface area contributed by atoms with E-state index in [0.29, 0.717) is 0 Å². The molecule has 3 heterocycles. The Labute approximate surface area is 158 Å². The summed E-state index contributed by atoms with van der Waals surface area (Å²) in [5, 5.41) is 14.0. The molecule has 3 aromatic heterocycles. The smallest absolute Gasteiger partial charge is 0.211 e. The van der Waals surface area contributed by atoms with Crippen LogP contribution in [0.4, 0.5) is 5.13 Å². The van der Waals surface area contributed by atoms with Crippen molar-refractivity contribution in [3.8, 4) is 9.75 Å². The minimum atomic E-state index is -0.0564. The van der Waals surface area contributed by atoms with E-state index in [2.05, 4.69) is 50.1 Å². The molecule has 0 aliphatic rings. The van der Waals surface area contributed by atoms with Gasteiger partial charge >= 0.3 is 0 Å². The summed E-state index contributed by atoms with van der Waals surface area (Å²) in [5.74, 6) is -0.0564. The fraction of sp³-hybridized carbons (Fsp3) is 0.188. The normalized spacial score (nSPS) is 11.5. The number of hydrogen-bond acceptors (Lipinski definition) is 7. The molecule has 0 bridgehead atoms. The summed E-state index contributed by atoms with van der Waals surface area (Å²) in [5.41, 5.74) is 12.3. The van der Waals surface area contributed by atoms with Crippen molar-refractivity contribution in [2.24, 2.45) is 21.7 Å². The predicted octanol–water partition coefficient (Wildman–Crippen LogP) is 3.85. The first-order chi connectivity index (χ1) is 12.0. The van der Waals surface area contributed by atoms with Crippen LogP contribution in [0.2, 0.25) is 0 Å². The van der Waals surface area contributed by atoms with Gasteiger partial charge in [-0.25, -0.2) is 4.98 Å². The number of guanidine groups is 1. The Morgan fingerprint density at radius 3 is 2.72 bits per heavy atom. The van der Waals surface area contributed by atoms with E-state index in [4.69, 9.17) is 11.5 Å². The highest BCUT2D eigenvalue weighted by Gasteiger charge is 2.11. The Balaban J connectivity index is 1.67. The molecule has 9 heteroatoms. The number of thiazole rings is 1. The van der Waals surface area contributed by atoms with Crippen LogP contribution in [0.3, 0.4) is 0 Å². The van der Waals surface area contributed by atoms with Crippen molar-refractivity contribution < 1.29 is 0 Å². The predicted molar refractivity (Wildman–Crippen MR) is 110 cm³/mol. The van der Waals surface area contributed by atoms with Crippen molar-refractivity contribution in [2.75, 3.05) is 5.32 Å². The van der Waals surface area contributed by atoms with Crippen LogP contribution in [0.25, 0.3) is 9.75 Å². The minimum Gasteiger partial charge on any atom is -0.369 e. The second-order valence-corrected chi connectivity index (χ2v) is 8.36. The van der Waals surface area contributed by atoms with Gasteiger partial charge in [-0.1, -0.05) is 17.4 Å². The van der Waals surface area contributed by atoms with Gasteiger partial charge in [0.15, 0.2) is 5.13 Å². The number of aromatic nitrogens is 1. The van der Waals surface area contributed by atoms with Crippen molar-refractivity contribution in [1.29, 1.82) is 0 Å². The van der Waals surface area contributed by atoms with Gasteiger partial charge in [-0.2, -0.15) is 5.10 Å². The highest BCUT2D eigenvalue weighted by Crippen LogP contribution is 2.32. The SMILES string of the molecule is CC(=NN=C(N)N)c1sc(NCc2ccc(-c3cccs3)s2)nc1C. The van der Waals surface area contributed by atoms with Crippen LogP contribution in [0, 0.1) is 6.92 Å². The molecule has 0 aliphatic heterocycles. The van der Waals surface area contributed by atoms with Gasteiger partial charge in [-0.3, -0.25) is 0 Å². The van der Waals surface area contributed by atoms with Crippen molar-refractivity contribution in [3.63, 3.8) is 0 Å². The van der Waals surface area contributed by atoms with Crippen molar-refractivity contribution in [1.82, 2.24) is 4.98 Å². The standard InChI is InChI=1S/C16H18N6S3/c1-9-14(10(2)21-22-15(17)18)25-16(20-9)19-8-11-5-6-13(24-11)12-4-3-7-23-12/h3-7H,8H2,1-2H3,(H,19,20)(H4,17,18,22). The molecule has 0 amide bonds. The number of hydrogen-bond donors (Lipinski definition) is 3. The maximum atomic E-state index is 5.31. The van der Waals surface area contributed by atoms with Gasteiger partial charge in [-0.15, -0.1) is 27.8 Å². The van der Waals surface area contributed by atoms with Crippen LogP contribution in [-0.2, 0) is 6.54 Å². The van der Waals surface area contributed by atoms with Crippen LogP contribution in [0.1, 0.15) is 22.4 Å². The largest absolute Gasteiger partial charge is 0.369 e. The number of nitrogens with two attached hydrogens (primary N) is 2. The summed E-state index contributed by atoms with van der Waals surface area (Å²) in [4.78, 5) is 9.39. The quantitative estimate of drug-likeness (QED) is 0.338. The van der Waals surface area contributed by atoms with E-state index in [0.717, 1.165) is 28.0 Å². The molecule has 0 atom stereocenters. The van der Waals surface area contributed by atoms with Gasteiger partial charge < -0.3 is 16.8 Å². The Morgan fingerprint density at radius 1 is 1.16 bits per heavy atom. The van der Waals surface area contributed by atoms with Crippen molar-refractivity contribution >= 4 is 50.8 Å². The van der Waals surface area contributed by atoms with E-state index in [-0.39, 0.29) is 5.96 Å². The zero-order valence-electron chi connectivity index (χ0n) is 13.8. The second kappa shape index (κ2) is 7.77. The lowest BCUT2D eigenvalue weighted by molar-refractivity contribution is 1.15. The van der Waals surface area contributed by atoms with Crippen molar-refractivity contribution in [3.05, 3.63) is 45.1 Å². The number of thiophene rings is 2. The maximum absolute atomic E-state index is 5.31. The molecule has 3 aromatic rings. The number of anilines is 1. The molecule has 0 fully saturated rings. The Hall–Kier alpha value is -2.23. The molecule has 3 rings (SSSR count). The van der Waals surface area contributed by atoms with Crippen LogP contribution in [0.5, 0.6) is 0 Å². The number of rotatable bonds is 6. The molecule has 130 valence electrons. The van der Waals surface area contributed by atoms with Crippen LogP contribution in [0.15, 0.2) is 39.8 Å².